The first-order valence-corrected chi connectivity index (χ1v) is 6.20. The van der Waals surface area contributed by atoms with E-state index in [-0.39, 0.29) is 5.54 Å². The molecule has 0 amide bonds. The smallest absolute Gasteiger partial charge is 0.0705 e. The second kappa shape index (κ2) is 4.46. The van der Waals surface area contributed by atoms with Crippen LogP contribution < -0.4 is 5.73 Å². The summed E-state index contributed by atoms with van der Waals surface area (Å²) in [5, 5.41) is 1.16. The van der Waals surface area contributed by atoms with Crippen molar-refractivity contribution < 1.29 is 0 Å². The highest BCUT2D eigenvalue weighted by molar-refractivity contribution is 5.79. The molecule has 0 aliphatic heterocycles. The van der Waals surface area contributed by atoms with Crippen LogP contribution in [-0.4, -0.2) is 4.98 Å². The molecule has 2 atom stereocenters. The molecule has 2 nitrogen and oxygen atoms in total. The van der Waals surface area contributed by atoms with Gasteiger partial charge in [-0.15, -0.1) is 0 Å². The lowest BCUT2D eigenvalue weighted by molar-refractivity contribution is 0.316. The largest absolute Gasteiger partial charge is 0.321 e. The van der Waals surface area contributed by atoms with Crippen LogP contribution in [0.25, 0.3) is 10.9 Å². The van der Waals surface area contributed by atoms with E-state index in [4.69, 9.17) is 5.73 Å². The minimum absolute atomic E-state index is 0.291. The summed E-state index contributed by atoms with van der Waals surface area (Å²) < 4.78 is 0. The SMILES string of the molecule is CCC(C)C(C)(N)c1ccc2cccnc2c1. The van der Waals surface area contributed by atoms with Crippen molar-refractivity contribution in [2.75, 3.05) is 0 Å². The Labute approximate surface area is 103 Å². The Morgan fingerprint density at radius 2 is 2.12 bits per heavy atom. The average molecular weight is 228 g/mol. The van der Waals surface area contributed by atoms with Crippen molar-refractivity contribution in [3.63, 3.8) is 0 Å². The fourth-order valence-electron chi connectivity index (χ4n) is 2.11. The molecule has 0 bridgehead atoms. The van der Waals surface area contributed by atoms with Gasteiger partial charge in [-0.25, -0.2) is 0 Å². The number of nitrogens with two attached hydrogens (primary N) is 1. The molecule has 0 aliphatic rings. The van der Waals surface area contributed by atoms with Crippen LogP contribution in [0, 0.1) is 5.92 Å². The molecule has 0 aliphatic carbocycles. The summed E-state index contributed by atoms with van der Waals surface area (Å²) >= 11 is 0. The molecule has 1 heterocycles. The van der Waals surface area contributed by atoms with Gasteiger partial charge < -0.3 is 5.73 Å². The standard InChI is InChI=1S/C15H20N2/c1-4-11(2)15(3,16)13-8-7-12-6-5-9-17-14(12)10-13/h5-11H,4,16H2,1-3H3. The molecule has 0 fully saturated rings. The Kier molecular flexibility index (Phi) is 3.16. The molecule has 0 spiro atoms. The number of rotatable bonds is 3. The Balaban J connectivity index is 2.49. The second-order valence-electron chi connectivity index (χ2n) is 5.00. The Bertz CT molecular complexity index is 517. The van der Waals surface area contributed by atoms with E-state index in [1.54, 1.807) is 0 Å². The third kappa shape index (κ3) is 2.18. The number of pyridine rings is 1. The first-order valence-electron chi connectivity index (χ1n) is 6.20. The molecule has 0 saturated carbocycles. The monoisotopic (exact) mass is 228 g/mol. The third-order valence-corrected chi connectivity index (χ3v) is 3.86. The topological polar surface area (TPSA) is 38.9 Å². The molecule has 2 rings (SSSR count). The number of fused-ring (bicyclic) bond motifs is 1. The summed E-state index contributed by atoms with van der Waals surface area (Å²) in [5.41, 5.74) is 8.35. The number of aromatic nitrogens is 1. The van der Waals surface area contributed by atoms with Crippen LogP contribution in [0.15, 0.2) is 36.5 Å². The highest BCUT2D eigenvalue weighted by Gasteiger charge is 2.27. The van der Waals surface area contributed by atoms with Gasteiger partial charge in [-0.3, -0.25) is 4.98 Å². The van der Waals surface area contributed by atoms with Gasteiger partial charge in [0.2, 0.25) is 0 Å². The van der Waals surface area contributed by atoms with Gasteiger partial charge in [0, 0.05) is 17.1 Å². The van der Waals surface area contributed by atoms with Crippen LogP contribution in [0.3, 0.4) is 0 Å². The zero-order chi connectivity index (χ0) is 12.5. The molecular weight excluding hydrogens is 208 g/mol. The molecule has 0 saturated heterocycles. The predicted octanol–water partition coefficient (Wildman–Crippen LogP) is 3.45. The van der Waals surface area contributed by atoms with E-state index in [1.165, 1.54) is 0 Å². The summed E-state index contributed by atoms with van der Waals surface area (Å²) in [6, 6.07) is 10.4. The van der Waals surface area contributed by atoms with Gasteiger partial charge >= 0.3 is 0 Å². The van der Waals surface area contributed by atoms with Gasteiger partial charge in [-0.1, -0.05) is 38.5 Å². The van der Waals surface area contributed by atoms with Crippen LogP contribution in [0.1, 0.15) is 32.8 Å². The van der Waals surface area contributed by atoms with E-state index in [0.29, 0.717) is 5.92 Å². The number of hydrogen-bond donors (Lipinski definition) is 1. The summed E-state index contributed by atoms with van der Waals surface area (Å²) in [4.78, 5) is 4.38. The van der Waals surface area contributed by atoms with Gasteiger partial charge in [0.1, 0.15) is 0 Å². The summed E-state index contributed by atoms with van der Waals surface area (Å²) in [6.07, 6.45) is 2.90. The maximum atomic E-state index is 6.46. The molecule has 2 heteroatoms. The Morgan fingerprint density at radius 3 is 2.82 bits per heavy atom. The minimum atomic E-state index is -0.291. The van der Waals surface area contributed by atoms with Crippen molar-refractivity contribution in [3.05, 3.63) is 42.1 Å². The number of benzene rings is 1. The summed E-state index contributed by atoms with van der Waals surface area (Å²) in [5.74, 6) is 0.448. The van der Waals surface area contributed by atoms with Crippen molar-refractivity contribution in [1.29, 1.82) is 0 Å². The molecule has 2 N–H and O–H groups in total. The zero-order valence-corrected chi connectivity index (χ0v) is 10.8. The van der Waals surface area contributed by atoms with Crippen molar-refractivity contribution in [3.8, 4) is 0 Å². The van der Waals surface area contributed by atoms with Crippen molar-refractivity contribution in [2.45, 2.75) is 32.7 Å². The van der Waals surface area contributed by atoms with Crippen LogP contribution >= 0.6 is 0 Å². The maximum absolute atomic E-state index is 6.46. The minimum Gasteiger partial charge on any atom is -0.321 e. The van der Waals surface area contributed by atoms with Crippen molar-refractivity contribution in [2.24, 2.45) is 11.7 Å². The van der Waals surface area contributed by atoms with Gasteiger partial charge in [-0.2, -0.15) is 0 Å². The van der Waals surface area contributed by atoms with Crippen molar-refractivity contribution >= 4 is 10.9 Å². The normalized spacial score (nSPS) is 16.7. The van der Waals surface area contributed by atoms with Crippen LogP contribution in [0.5, 0.6) is 0 Å². The van der Waals surface area contributed by atoms with Gasteiger partial charge in [0.15, 0.2) is 0 Å². The summed E-state index contributed by atoms with van der Waals surface area (Å²) in [6.45, 7) is 6.48. The lowest BCUT2D eigenvalue weighted by atomic mass is 9.80. The Morgan fingerprint density at radius 1 is 1.35 bits per heavy atom. The van der Waals surface area contributed by atoms with E-state index in [9.17, 15) is 0 Å². The predicted molar refractivity (Wildman–Crippen MR) is 72.7 cm³/mol. The number of hydrogen-bond acceptors (Lipinski definition) is 2. The van der Waals surface area contributed by atoms with E-state index < -0.39 is 0 Å². The van der Waals surface area contributed by atoms with Crippen LogP contribution in [0.4, 0.5) is 0 Å². The maximum Gasteiger partial charge on any atom is 0.0705 e. The third-order valence-electron chi connectivity index (χ3n) is 3.86. The fraction of sp³-hybridized carbons (Fsp3) is 0.400. The molecule has 2 aromatic rings. The first-order chi connectivity index (χ1) is 8.05. The molecule has 17 heavy (non-hydrogen) atoms. The van der Waals surface area contributed by atoms with E-state index >= 15 is 0 Å². The summed E-state index contributed by atoms with van der Waals surface area (Å²) in [7, 11) is 0. The molecule has 0 radical (unpaired) electrons. The lowest BCUT2D eigenvalue weighted by Gasteiger charge is -2.31. The second-order valence-corrected chi connectivity index (χ2v) is 5.00. The van der Waals surface area contributed by atoms with Gasteiger partial charge in [0.05, 0.1) is 5.52 Å². The van der Waals surface area contributed by atoms with E-state index in [2.05, 4.69) is 50.0 Å². The number of nitrogens with zero attached hydrogens (tertiary/aromatic N) is 1. The molecule has 90 valence electrons. The van der Waals surface area contributed by atoms with Gasteiger partial charge in [0.25, 0.3) is 0 Å². The van der Waals surface area contributed by atoms with E-state index in [1.807, 2.05) is 12.3 Å². The van der Waals surface area contributed by atoms with Crippen molar-refractivity contribution in [1.82, 2.24) is 4.98 Å². The van der Waals surface area contributed by atoms with E-state index in [0.717, 1.165) is 22.9 Å². The molecular formula is C15H20N2. The van der Waals surface area contributed by atoms with Crippen LogP contribution in [-0.2, 0) is 5.54 Å². The lowest BCUT2D eigenvalue weighted by Crippen LogP contribution is -2.39. The van der Waals surface area contributed by atoms with Crippen LogP contribution in [0.2, 0.25) is 0 Å². The van der Waals surface area contributed by atoms with Gasteiger partial charge in [-0.05, 0) is 30.5 Å². The highest BCUT2D eigenvalue weighted by atomic mass is 14.7. The highest BCUT2D eigenvalue weighted by Crippen LogP contribution is 2.30. The Hall–Kier alpha value is -1.41. The first kappa shape index (κ1) is 12.1. The molecule has 1 aromatic carbocycles. The quantitative estimate of drug-likeness (QED) is 0.873. The molecule has 1 aromatic heterocycles. The molecule has 2 unspecified atom stereocenters. The average Bonchev–Trinajstić information content (AvgIpc) is 2.37. The fourth-order valence-corrected chi connectivity index (χ4v) is 2.11. The zero-order valence-electron chi connectivity index (χ0n) is 10.8.